The molecule has 1 N–H and O–H groups in total. The highest BCUT2D eigenvalue weighted by Gasteiger charge is 2.18. The van der Waals surface area contributed by atoms with Crippen molar-refractivity contribution in [2.24, 2.45) is 0 Å². The molecule has 3 aromatic rings. The van der Waals surface area contributed by atoms with Gasteiger partial charge in [-0.2, -0.15) is 0 Å². The van der Waals surface area contributed by atoms with Crippen LogP contribution in [0.4, 0.5) is 14.6 Å². The van der Waals surface area contributed by atoms with E-state index in [1.165, 1.54) is 13.3 Å². The number of halogens is 3. The smallest absolute Gasteiger partial charge is 0.176 e. The van der Waals surface area contributed by atoms with Crippen molar-refractivity contribution >= 4 is 28.5 Å². The van der Waals surface area contributed by atoms with Gasteiger partial charge in [-0.1, -0.05) is 23.7 Å². The van der Waals surface area contributed by atoms with Gasteiger partial charge in [0.25, 0.3) is 0 Å². The van der Waals surface area contributed by atoms with Gasteiger partial charge in [-0.25, -0.2) is 13.8 Å². The number of rotatable bonds is 4. The highest BCUT2D eigenvalue weighted by molar-refractivity contribution is 6.32. The summed E-state index contributed by atoms with van der Waals surface area (Å²) in [5.74, 6) is -1.31. The summed E-state index contributed by atoms with van der Waals surface area (Å²) in [6.45, 7) is 0.0172. The molecule has 7 heteroatoms. The molecule has 118 valence electrons. The Morgan fingerprint density at radius 1 is 1.22 bits per heavy atom. The van der Waals surface area contributed by atoms with Crippen LogP contribution in [0.1, 0.15) is 5.56 Å². The predicted molar refractivity (Wildman–Crippen MR) is 84.8 cm³/mol. The van der Waals surface area contributed by atoms with Crippen LogP contribution < -0.4 is 10.1 Å². The zero-order valence-corrected chi connectivity index (χ0v) is 12.9. The maximum absolute atomic E-state index is 14.2. The lowest BCUT2D eigenvalue weighted by atomic mass is 10.2. The standard InChI is InChI=1S/C16H12ClF2N3O/c1-23-16-14(17)10(18)6-9(15(16)19)7-21-13-8-20-11-4-2-3-5-12(11)22-13/h2-6,8H,7H2,1H3,(H,21,22). The average Bonchev–Trinajstić information content (AvgIpc) is 2.57. The Balaban J connectivity index is 1.86. The van der Waals surface area contributed by atoms with Gasteiger partial charge in [0.2, 0.25) is 0 Å². The van der Waals surface area contributed by atoms with E-state index in [1.54, 1.807) is 0 Å². The van der Waals surface area contributed by atoms with E-state index in [0.29, 0.717) is 11.3 Å². The highest BCUT2D eigenvalue weighted by atomic mass is 35.5. The molecule has 0 spiro atoms. The molecule has 0 fully saturated rings. The number of hydrogen-bond donors (Lipinski definition) is 1. The molecule has 0 aliphatic rings. The largest absolute Gasteiger partial charge is 0.492 e. The summed E-state index contributed by atoms with van der Waals surface area (Å²) >= 11 is 5.67. The van der Waals surface area contributed by atoms with Crippen molar-refractivity contribution in [3.63, 3.8) is 0 Å². The van der Waals surface area contributed by atoms with Crippen molar-refractivity contribution in [3.8, 4) is 5.75 Å². The van der Waals surface area contributed by atoms with Gasteiger partial charge in [-0.05, 0) is 18.2 Å². The summed E-state index contributed by atoms with van der Waals surface area (Å²) in [5, 5.41) is 2.54. The van der Waals surface area contributed by atoms with Gasteiger partial charge in [0, 0.05) is 12.1 Å². The molecule has 0 unspecified atom stereocenters. The average molecular weight is 336 g/mol. The minimum absolute atomic E-state index is 0.0172. The van der Waals surface area contributed by atoms with Gasteiger partial charge >= 0.3 is 0 Å². The molecule has 0 aliphatic carbocycles. The molecule has 23 heavy (non-hydrogen) atoms. The van der Waals surface area contributed by atoms with Crippen molar-refractivity contribution in [2.45, 2.75) is 6.54 Å². The number of benzene rings is 2. The van der Waals surface area contributed by atoms with Crippen molar-refractivity contribution in [2.75, 3.05) is 12.4 Å². The zero-order chi connectivity index (χ0) is 16.4. The first-order valence-corrected chi connectivity index (χ1v) is 7.14. The lowest BCUT2D eigenvalue weighted by Gasteiger charge is -2.11. The van der Waals surface area contributed by atoms with Crippen molar-refractivity contribution < 1.29 is 13.5 Å². The van der Waals surface area contributed by atoms with E-state index in [1.807, 2.05) is 24.3 Å². The second-order valence-electron chi connectivity index (χ2n) is 4.78. The quantitative estimate of drug-likeness (QED) is 0.726. The van der Waals surface area contributed by atoms with Crippen molar-refractivity contribution in [1.82, 2.24) is 9.97 Å². The van der Waals surface area contributed by atoms with Gasteiger partial charge < -0.3 is 10.1 Å². The molecule has 0 aliphatic heterocycles. The number of aromatic nitrogens is 2. The third-order valence-corrected chi connectivity index (χ3v) is 3.66. The molecule has 0 bridgehead atoms. The van der Waals surface area contributed by atoms with Crippen LogP contribution in [0.25, 0.3) is 11.0 Å². The van der Waals surface area contributed by atoms with Crippen LogP contribution in [-0.4, -0.2) is 17.1 Å². The van der Waals surface area contributed by atoms with Gasteiger partial charge in [0.05, 0.1) is 24.3 Å². The molecule has 3 rings (SSSR count). The molecule has 0 saturated heterocycles. The van der Waals surface area contributed by atoms with E-state index in [-0.39, 0.29) is 22.9 Å². The minimum Gasteiger partial charge on any atom is -0.492 e. The molecule has 1 heterocycles. The Kier molecular flexibility index (Phi) is 4.25. The van der Waals surface area contributed by atoms with Crippen LogP contribution in [0.15, 0.2) is 36.5 Å². The van der Waals surface area contributed by atoms with Crippen LogP contribution in [0.2, 0.25) is 5.02 Å². The van der Waals surface area contributed by atoms with Gasteiger partial charge in [0.15, 0.2) is 11.6 Å². The van der Waals surface area contributed by atoms with Gasteiger partial charge in [0.1, 0.15) is 16.7 Å². The van der Waals surface area contributed by atoms with Crippen molar-refractivity contribution in [1.29, 1.82) is 0 Å². The van der Waals surface area contributed by atoms with Crippen LogP contribution in [0.3, 0.4) is 0 Å². The normalized spacial score (nSPS) is 10.8. The Bertz CT molecular complexity index is 873. The lowest BCUT2D eigenvalue weighted by Crippen LogP contribution is -2.06. The fraction of sp³-hybridized carbons (Fsp3) is 0.125. The third-order valence-electron chi connectivity index (χ3n) is 3.30. The molecule has 0 amide bonds. The SMILES string of the molecule is COc1c(F)c(CNc2cnc3ccccc3n2)cc(F)c1Cl. The number of hydrogen-bond acceptors (Lipinski definition) is 4. The second-order valence-corrected chi connectivity index (χ2v) is 5.15. The number of fused-ring (bicyclic) bond motifs is 1. The summed E-state index contributed by atoms with van der Waals surface area (Å²) in [6.07, 6.45) is 1.53. The second kappa shape index (κ2) is 6.34. The predicted octanol–water partition coefficient (Wildman–Crippen LogP) is 4.18. The highest BCUT2D eigenvalue weighted by Crippen LogP contribution is 2.32. The summed E-state index contributed by atoms with van der Waals surface area (Å²) in [7, 11) is 1.23. The van der Waals surface area contributed by atoms with Crippen LogP contribution in [0, 0.1) is 11.6 Å². The van der Waals surface area contributed by atoms with E-state index >= 15 is 0 Å². The Hall–Kier alpha value is -2.47. The van der Waals surface area contributed by atoms with Crippen molar-refractivity contribution in [3.05, 3.63) is 58.7 Å². The van der Waals surface area contributed by atoms with E-state index in [4.69, 9.17) is 16.3 Å². The fourth-order valence-electron chi connectivity index (χ4n) is 2.17. The maximum atomic E-state index is 14.2. The number of nitrogens with zero attached hydrogens (tertiary/aromatic N) is 2. The number of anilines is 1. The van der Waals surface area contributed by atoms with Gasteiger partial charge in [-0.15, -0.1) is 0 Å². The third kappa shape index (κ3) is 3.03. The Labute approximate surface area is 136 Å². The molecule has 0 radical (unpaired) electrons. The molecule has 1 aromatic heterocycles. The maximum Gasteiger partial charge on any atom is 0.176 e. The summed E-state index contributed by atoms with van der Waals surface area (Å²) in [4.78, 5) is 8.60. The fourth-order valence-corrected chi connectivity index (χ4v) is 2.38. The summed E-state index contributed by atoms with van der Waals surface area (Å²) < 4.78 is 32.7. The Morgan fingerprint density at radius 3 is 2.70 bits per heavy atom. The first kappa shape index (κ1) is 15.4. The minimum atomic E-state index is -0.744. The summed E-state index contributed by atoms with van der Waals surface area (Å²) in [6, 6.07) is 8.40. The molecule has 0 saturated carbocycles. The topological polar surface area (TPSA) is 47.0 Å². The lowest BCUT2D eigenvalue weighted by molar-refractivity contribution is 0.381. The van der Waals surface area contributed by atoms with E-state index < -0.39 is 11.6 Å². The van der Waals surface area contributed by atoms with Crippen LogP contribution >= 0.6 is 11.6 Å². The van der Waals surface area contributed by atoms with E-state index in [0.717, 1.165) is 11.6 Å². The Morgan fingerprint density at radius 2 is 1.96 bits per heavy atom. The van der Waals surface area contributed by atoms with E-state index in [2.05, 4.69) is 15.3 Å². The van der Waals surface area contributed by atoms with Gasteiger partial charge in [-0.3, -0.25) is 4.98 Å². The molecular formula is C16H12ClF2N3O. The van der Waals surface area contributed by atoms with Crippen LogP contribution in [0.5, 0.6) is 5.75 Å². The first-order chi connectivity index (χ1) is 11.1. The van der Waals surface area contributed by atoms with E-state index in [9.17, 15) is 8.78 Å². The first-order valence-electron chi connectivity index (χ1n) is 6.76. The molecule has 2 aromatic carbocycles. The number of para-hydroxylation sites is 2. The number of methoxy groups -OCH3 is 1. The zero-order valence-electron chi connectivity index (χ0n) is 12.1. The number of nitrogens with one attached hydrogen (secondary N) is 1. The molecule has 0 atom stereocenters. The van der Waals surface area contributed by atoms with Crippen LogP contribution in [-0.2, 0) is 6.54 Å². The monoisotopic (exact) mass is 335 g/mol. The summed E-state index contributed by atoms with van der Waals surface area (Å²) in [5.41, 5.74) is 1.54. The number of ether oxygens (including phenoxy) is 1. The molecule has 4 nitrogen and oxygen atoms in total. The molecular weight excluding hydrogens is 324 g/mol.